The van der Waals surface area contributed by atoms with Gasteiger partial charge >= 0.3 is 5.97 Å². The highest BCUT2D eigenvalue weighted by molar-refractivity contribution is 6.37. The molecule has 0 fully saturated rings. The molecule has 126 valence electrons. The van der Waals surface area contributed by atoms with Crippen LogP contribution in [0.3, 0.4) is 0 Å². The fourth-order valence-electron chi connectivity index (χ4n) is 1.71. The zero-order valence-corrected chi connectivity index (χ0v) is 14.6. The van der Waals surface area contributed by atoms with Crippen molar-refractivity contribution in [2.75, 3.05) is 11.1 Å². The van der Waals surface area contributed by atoms with Crippen LogP contribution in [-0.4, -0.2) is 23.0 Å². The van der Waals surface area contributed by atoms with Crippen LogP contribution in [0, 0.1) is 0 Å². The van der Waals surface area contributed by atoms with Crippen molar-refractivity contribution in [3.63, 3.8) is 0 Å². The summed E-state index contributed by atoms with van der Waals surface area (Å²) in [4.78, 5) is 28.1. The number of nitrogens with zero attached hydrogens (tertiary/aromatic N) is 1. The molecule has 6 nitrogen and oxygen atoms in total. The highest BCUT2D eigenvalue weighted by atomic mass is 35.5. The second-order valence-corrected chi connectivity index (χ2v) is 6.03. The molecule has 0 saturated heterocycles. The Balaban J connectivity index is 2.06. The van der Waals surface area contributed by atoms with Crippen LogP contribution in [0.4, 0.5) is 11.5 Å². The predicted molar refractivity (Wildman–Crippen MR) is 93.6 cm³/mol. The number of hydrogen-bond donors (Lipinski definition) is 2. The van der Waals surface area contributed by atoms with Crippen molar-refractivity contribution in [3.8, 4) is 0 Å². The average molecular weight is 389 g/mol. The molecule has 0 aliphatic carbocycles. The Labute approximate surface area is 152 Å². The van der Waals surface area contributed by atoms with Crippen LogP contribution in [0.15, 0.2) is 30.5 Å². The van der Waals surface area contributed by atoms with Gasteiger partial charge in [0.05, 0.1) is 21.3 Å². The number of aromatic nitrogens is 1. The summed E-state index contributed by atoms with van der Waals surface area (Å²) in [5.74, 6) is -1.11. The number of rotatable bonds is 4. The number of nitrogens with two attached hydrogens (primary N) is 1. The van der Waals surface area contributed by atoms with Gasteiger partial charge in [-0.05, 0) is 31.2 Å². The van der Waals surface area contributed by atoms with Gasteiger partial charge in [-0.15, -0.1) is 0 Å². The van der Waals surface area contributed by atoms with Crippen molar-refractivity contribution >= 4 is 58.2 Å². The lowest BCUT2D eigenvalue weighted by molar-refractivity contribution is -0.123. The Morgan fingerprint density at radius 2 is 1.92 bits per heavy atom. The van der Waals surface area contributed by atoms with E-state index in [-0.39, 0.29) is 27.1 Å². The first-order chi connectivity index (χ1) is 11.3. The summed E-state index contributed by atoms with van der Waals surface area (Å²) in [6.45, 7) is 1.41. The zero-order chi connectivity index (χ0) is 17.9. The number of anilines is 2. The zero-order valence-electron chi connectivity index (χ0n) is 12.3. The van der Waals surface area contributed by atoms with Crippen molar-refractivity contribution < 1.29 is 14.3 Å². The number of carbonyl (C=O) groups excluding carboxylic acids is 2. The van der Waals surface area contributed by atoms with Gasteiger partial charge in [-0.3, -0.25) is 4.79 Å². The molecule has 1 amide bonds. The van der Waals surface area contributed by atoms with E-state index in [4.69, 9.17) is 45.3 Å². The maximum absolute atomic E-state index is 12.1. The molecule has 0 saturated carbocycles. The van der Waals surface area contributed by atoms with E-state index >= 15 is 0 Å². The Bertz CT molecular complexity index is 782. The number of carbonyl (C=O) groups is 2. The van der Waals surface area contributed by atoms with Crippen LogP contribution < -0.4 is 11.1 Å². The molecular formula is C15H12Cl3N3O3. The molecule has 24 heavy (non-hydrogen) atoms. The number of hydrogen-bond acceptors (Lipinski definition) is 5. The minimum absolute atomic E-state index is 0.0169. The second kappa shape index (κ2) is 7.70. The highest BCUT2D eigenvalue weighted by Gasteiger charge is 2.22. The minimum Gasteiger partial charge on any atom is -0.449 e. The van der Waals surface area contributed by atoms with Gasteiger partial charge in [0.2, 0.25) is 0 Å². The molecular weight excluding hydrogens is 377 g/mol. The van der Waals surface area contributed by atoms with Crippen LogP contribution in [-0.2, 0) is 9.53 Å². The fourth-order valence-corrected chi connectivity index (χ4v) is 2.31. The molecule has 9 heteroatoms. The SMILES string of the molecule is CC(OC(=O)c1cc(Cl)cc(Cl)c1N)C(=O)Nc1ccc(Cl)cn1. The first-order valence-electron chi connectivity index (χ1n) is 6.66. The molecule has 1 aromatic heterocycles. The molecule has 0 aliphatic rings. The third-order valence-electron chi connectivity index (χ3n) is 2.95. The summed E-state index contributed by atoms with van der Waals surface area (Å²) < 4.78 is 5.08. The summed E-state index contributed by atoms with van der Waals surface area (Å²) in [5.41, 5.74) is 5.74. The number of pyridine rings is 1. The topological polar surface area (TPSA) is 94.3 Å². The normalized spacial score (nSPS) is 11.7. The van der Waals surface area contributed by atoms with Crippen LogP contribution in [0.25, 0.3) is 0 Å². The fraction of sp³-hybridized carbons (Fsp3) is 0.133. The Kier molecular flexibility index (Phi) is 5.88. The molecule has 1 unspecified atom stereocenters. The van der Waals surface area contributed by atoms with Crippen LogP contribution >= 0.6 is 34.8 Å². The smallest absolute Gasteiger partial charge is 0.341 e. The number of ether oxygens (including phenoxy) is 1. The average Bonchev–Trinajstić information content (AvgIpc) is 2.52. The van der Waals surface area contributed by atoms with Gasteiger partial charge < -0.3 is 15.8 Å². The molecule has 1 atom stereocenters. The molecule has 0 spiro atoms. The molecule has 2 rings (SSSR count). The quantitative estimate of drug-likeness (QED) is 0.613. The molecule has 0 bridgehead atoms. The predicted octanol–water partition coefficient (Wildman–Crippen LogP) is 3.81. The van der Waals surface area contributed by atoms with Crippen LogP contribution in [0.5, 0.6) is 0 Å². The van der Waals surface area contributed by atoms with Gasteiger partial charge in [0, 0.05) is 11.2 Å². The number of benzene rings is 1. The molecule has 0 radical (unpaired) electrons. The number of amides is 1. The third kappa shape index (κ3) is 4.50. The van der Waals surface area contributed by atoms with Gasteiger partial charge in [-0.25, -0.2) is 9.78 Å². The van der Waals surface area contributed by atoms with E-state index in [0.717, 1.165) is 0 Å². The van der Waals surface area contributed by atoms with Crippen LogP contribution in [0.1, 0.15) is 17.3 Å². The van der Waals surface area contributed by atoms with Crippen molar-refractivity contribution in [3.05, 3.63) is 51.1 Å². The lowest BCUT2D eigenvalue weighted by Crippen LogP contribution is -2.30. The highest BCUT2D eigenvalue weighted by Crippen LogP contribution is 2.28. The lowest BCUT2D eigenvalue weighted by Gasteiger charge is -2.14. The van der Waals surface area contributed by atoms with Crippen molar-refractivity contribution in [1.29, 1.82) is 0 Å². The number of nitrogen functional groups attached to an aromatic ring is 1. The summed E-state index contributed by atoms with van der Waals surface area (Å²) in [7, 11) is 0. The summed E-state index contributed by atoms with van der Waals surface area (Å²) >= 11 is 17.4. The molecule has 0 aliphatic heterocycles. The Morgan fingerprint density at radius 1 is 1.21 bits per heavy atom. The Morgan fingerprint density at radius 3 is 2.54 bits per heavy atom. The first kappa shape index (κ1) is 18.3. The van der Waals surface area contributed by atoms with Crippen molar-refractivity contribution in [2.45, 2.75) is 13.0 Å². The molecule has 3 N–H and O–H groups in total. The first-order valence-corrected chi connectivity index (χ1v) is 7.79. The van der Waals surface area contributed by atoms with E-state index in [9.17, 15) is 9.59 Å². The summed E-state index contributed by atoms with van der Waals surface area (Å²) in [5, 5.41) is 3.27. The van der Waals surface area contributed by atoms with E-state index in [0.29, 0.717) is 5.02 Å². The number of halogens is 3. The number of esters is 1. The number of nitrogens with one attached hydrogen (secondary N) is 1. The van der Waals surface area contributed by atoms with E-state index in [1.165, 1.54) is 31.3 Å². The van der Waals surface area contributed by atoms with E-state index < -0.39 is 18.0 Å². The standard InChI is InChI=1S/C15H12Cl3N3O3/c1-7(14(22)21-12-3-2-8(16)6-20-12)24-15(23)10-4-9(17)5-11(18)13(10)19/h2-7H,19H2,1H3,(H,20,21,22). The van der Waals surface area contributed by atoms with E-state index in [1.807, 2.05) is 0 Å². The molecule has 2 aromatic rings. The maximum Gasteiger partial charge on any atom is 0.341 e. The lowest BCUT2D eigenvalue weighted by atomic mass is 10.2. The largest absolute Gasteiger partial charge is 0.449 e. The maximum atomic E-state index is 12.1. The second-order valence-electron chi connectivity index (χ2n) is 4.75. The monoisotopic (exact) mass is 387 g/mol. The van der Waals surface area contributed by atoms with Crippen molar-refractivity contribution in [2.24, 2.45) is 0 Å². The van der Waals surface area contributed by atoms with E-state index in [2.05, 4.69) is 10.3 Å². The summed E-state index contributed by atoms with van der Waals surface area (Å²) in [6.07, 6.45) is 0.287. The van der Waals surface area contributed by atoms with E-state index in [1.54, 1.807) is 6.07 Å². The van der Waals surface area contributed by atoms with Gasteiger partial charge in [0.1, 0.15) is 5.82 Å². The van der Waals surface area contributed by atoms with Crippen molar-refractivity contribution in [1.82, 2.24) is 4.98 Å². The molecule has 1 heterocycles. The van der Waals surface area contributed by atoms with Gasteiger partial charge in [0.25, 0.3) is 5.91 Å². The summed E-state index contributed by atoms with van der Waals surface area (Å²) in [6, 6.07) is 5.80. The third-order valence-corrected chi connectivity index (χ3v) is 3.70. The van der Waals surface area contributed by atoms with Gasteiger partial charge in [-0.2, -0.15) is 0 Å². The minimum atomic E-state index is -1.09. The van der Waals surface area contributed by atoms with Gasteiger partial charge in [-0.1, -0.05) is 34.8 Å². The van der Waals surface area contributed by atoms with Gasteiger partial charge in [0.15, 0.2) is 6.10 Å². The van der Waals surface area contributed by atoms with Crippen LogP contribution in [0.2, 0.25) is 15.1 Å². The Hall–Kier alpha value is -2.02. The molecule has 1 aromatic carbocycles.